The van der Waals surface area contributed by atoms with Crippen molar-refractivity contribution in [3.8, 4) is 11.5 Å². The van der Waals surface area contributed by atoms with Crippen molar-refractivity contribution in [3.05, 3.63) is 59.1 Å². The Morgan fingerprint density at radius 2 is 2.00 bits per heavy atom. The van der Waals surface area contributed by atoms with Crippen molar-refractivity contribution in [1.29, 1.82) is 0 Å². The number of halogens is 1. The summed E-state index contributed by atoms with van der Waals surface area (Å²) in [6.07, 6.45) is 3.11. The highest BCUT2D eigenvalue weighted by atomic mass is 35.5. The van der Waals surface area contributed by atoms with E-state index in [4.69, 9.17) is 21.1 Å². The number of hydrogen-bond donors (Lipinski definition) is 1. The number of ether oxygens (including phenoxy) is 2. The molecule has 0 aromatic heterocycles. The number of carbonyl (C=O) groups is 1. The standard InChI is InChI=1S/C18H18ClNO3/c1-3-23-18-15(19)11-13(12-16(18)22-2)9-10-17(21)20-14-7-5-4-6-8-14/h4-12H,3H2,1-2H3,(H,20,21)/b10-9+. The molecule has 2 rings (SSSR count). The molecule has 120 valence electrons. The zero-order valence-electron chi connectivity index (χ0n) is 13.0. The van der Waals surface area contributed by atoms with Gasteiger partial charge < -0.3 is 14.8 Å². The Bertz CT molecular complexity index is 699. The summed E-state index contributed by atoms with van der Waals surface area (Å²) < 4.78 is 10.7. The van der Waals surface area contributed by atoms with Crippen LogP contribution in [0.25, 0.3) is 6.08 Å². The molecule has 1 N–H and O–H groups in total. The lowest BCUT2D eigenvalue weighted by Gasteiger charge is -2.11. The molecule has 0 aliphatic carbocycles. The van der Waals surface area contributed by atoms with E-state index < -0.39 is 0 Å². The predicted molar refractivity (Wildman–Crippen MR) is 93.3 cm³/mol. The van der Waals surface area contributed by atoms with Gasteiger partial charge in [0.15, 0.2) is 11.5 Å². The molecule has 1 amide bonds. The molecule has 0 saturated carbocycles. The van der Waals surface area contributed by atoms with Crippen molar-refractivity contribution >= 4 is 29.3 Å². The van der Waals surface area contributed by atoms with Gasteiger partial charge in [-0.05, 0) is 42.8 Å². The largest absolute Gasteiger partial charge is 0.493 e. The molecule has 2 aromatic rings. The van der Waals surface area contributed by atoms with E-state index in [1.807, 2.05) is 37.3 Å². The van der Waals surface area contributed by atoms with Crippen molar-refractivity contribution < 1.29 is 14.3 Å². The number of rotatable bonds is 6. The average Bonchev–Trinajstić information content (AvgIpc) is 2.56. The van der Waals surface area contributed by atoms with Gasteiger partial charge in [-0.25, -0.2) is 0 Å². The zero-order valence-corrected chi connectivity index (χ0v) is 13.8. The topological polar surface area (TPSA) is 47.6 Å². The third kappa shape index (κ3) is 4.76. The van der Waals surface area contributed by atoms with Gasteiger partial charge in [0.25, 0.3) is 0 Å². The molecule has 0 spiro atoms. The van der Waals surface area contributed by atoms with Crippen molar-refractivity contribution in [1.82, 2.24) is 0 Å². The maximum absolute atomic E-state index is 11.9. The van der Waals surface area contributed by atoms with Crippen molar-refractivity contribution in [2.24, 2.45) is 0 Å². The van der Waals surface area contributed by atoms with Gasteiger partial charge in [-0.15, -0.1) is 0 Å². The highest BCUT2D eigenvalue weighted by Gasteiger charge is 2.10. The average molecular weight is 332 g/mol. The van der Waals surface area contributed by atoms with Crippen LogP contribution < -0.4 is 14.8 Å². The minimum atomic E-state index is -0.222. The van der Waals surface area contributed by atoms with E-state index in [1.165, 1.54) is 6.08 Å². The number of amides is 1. The Hall–Kier alpha value is -2.46. The van der Waals surface area contributed by atoms with Gasteiger partial charge in [0.1, 0.15) is 0 Å². The van der Waals surface area contributed by atoms with Crippen LogP contribution in [0.3, 0.4) is 0 Å². The Kier molecular flexibility index (Phi) is 6.06. The molecule has 0 fully saturated rings. The maximum atomic E-state index is 11.9. The number of benzene rings is 2. The van der Waals surface area contributed by atoms with E-state index in [2.05, 4.69) is 5.32 Å². The first-order valence-electron chi connectivity index (χ1n) is 7.18. The van der Waals surface area contributed by atoms with Gasteiger partial charge in [0.2, 0.25) is 5.91 Å². The normalized spacial score (nSPS) is 10.6. The predicted octanol–water partition coefficient (Wildman–Crippen LogP) is 4.40. The Morgan fingerprint density at radius 3 is 2.65 bits per heavy atom. The molecule has 0 aliphatic heterocycles. The minimum Gasteiger partial charge on any atom is -0.493 e. The number of carbonyl (C=O) groups excluding carboxylic acids is 1. The summed E-state index contributed by atoms with van der Waals surface area (Å²) in [5, 5.41) is 3.21. The molecule has 0 unspecified atom stereocenters. The fourth-order valence-corrected chi connectivity index (χ4v) is 2.27. The van der Waals surface area contributed by atoms with Crippen molar-refractivity contribution in [2.75, 3.05) is 19.0 Å². The molecular weight excluding hydrogens is 314 g/mol. The molecule has 4 nitrogen and oxygen atoms in total. The molecule has 0 bridgehead atoms. The van der Waals surface area contributed by atoms with Crippen LogP contribution in [-0.4, -0.2) is 19.6 Å². The molecule has 5 heteroatoms. The fraction of sp³-hybridized carbons (Fsp3) is 0.167. The lowest BCUT2D eigenvalue weighted by molar-refractivity contribution is -0.111. The minimum absolute atomic E-state index is 0.222. The number of para-hydroxylation sites is 1. The molecule has 0 radical (unpaired) electrons. The molecular formula is C18H18ClNO3. The molecule has 0 saturated heterocycles. The van der Waals surface area contributed by atoms with Crippen molar-refractivity contribution in [2.45, 2.75) is 6.92 Å². The van der Waals surface area contributed by atoms with Gasteiger partial charge in [-0.3, -0.25) is 4.79 Å². The van der Waals surface area contributed by atoms with Crippen LogP contribution in [0.5, 0.6) is 11.5 Å². The Balaban J connectivity index is 2.13. The van der Waals surface area contributed by atoms with E-state index in [0.717, 1.165) is 11.3 Å². The van der Waals surface area contributed by atoms with Crippen LogP contribution in [-0.2, 0) is 4.79 Å². The fourth-order valence-electron chi connectivity index (χ4n) is 2.00. The summed E-state index contributed by atoms with van der Waals surface area (Å²) in [5.41, 5.74) is 1.49. The van der Waals surface area contributed by atoms with Gasteiger partial charge in [-0.2, -0.15) is 0 Å². The summed E-state index contributed by atoms with van der Waals surface area (Å²) in [4.78, 5) is 11.9. The maximum Gasteiger partial charge on any atom is 0.248 e. The number of nitrogens with one attached hydrogen (secondary N) is 1. The van der Waals surface area contributed by atoms with E-state index in [1.54, 1.807) is 25.3 Å². The first-order chi connectivity index (χ1) is 11.1. The second-order valence-corrected chi connectivity index (χ2v) is 5.06. The van der Waals surface area contributed by atoms with Gasteiger partial charge in [0, 0.05) is 11.8 Å². The first kappa shape index (κ1) is 16.9. The monoisotopic (exact) mass is 331 g/mol. The molecule has 2 aromatic carbocycles. The van der Waals surface area contributed by atoms with Crippen molar-refractivity contribution in [3.63, 3.8) is 0 Å². The summed E-state index contributed by atoms with van der Waals surface area (Å²) in [5.74, 6) is 0.810. The molecule has 0 heterocycles. The number of hydrogen-bond acceptors (Lipinski definition) is 3. The second-order valence-electron chi connectivity index (χ2n) is 4.66. The molecule has 23 heavy (non-hydrogen) atoms. The lowest BCUT2D eigenvalue weighted by Crippen LogP contribution is -2.07. The van der Waals surface area contributed by atoms with Crippen LogP contribution in [0.2, 0.25) is 5.02 Å². The van der Waals surface area contributed by atoms with Crippen LogP contribution in [0.4, 0.5) is 5.69 Å². The molecule has 0 aliphatic rings. The molecule has 0 atom stereocenters. The van der Waals surface area contributed by atoms with E-state index in [0.29, 0.717) is 23.1 Å². The van der Waals surface area contributed by atoms with E-state index >= 15 is 0 Å². The SMILES string of the molecule is CCOc1c(Cl)cc(/C=C/C(=O)Nc2ccccc2)cc1OC. The Morgan fingerprint density at radius 1 is 1.26 bits per heavy atom. The smallest absolute Gasteiger partial charge is 0.248 e. The zero-order chi connectivity index (χ0) is 16.7. The highest BCUT2D eigenvalue weighted by molar-refractivity contribution is 6.32. The quantitative estimate of drug-likeness (QED) is 0.798. The van der Waals surface area contributed by atoms with Gasteiger partial charge in [-0.1, -0.05) is 29.8 Å². The van der Waals surface area contributed by atoms with E-state index in [9.17, 15) is 4.79 Å². The van der Waals surface area contributed by atoms with Gasteiger partial charge >= 0.3 is 0 Å². The van der Waals surface area contributed by atoms with E-state index in [-0.39, 0.29) is 5.91 Å². The third-order valence-corrected chi connectivity index (χ3v) is 3.29. The second kappa shape index (κ2) is 8.25. The van der Waals surface area contributed by atoms with Crippen LogP contribution in [0.15, 0.2) is 48.5 Å². The summed E-state index contributed by atoms with van der Waals surface area (Å²) in [6, 6.07) is 12.7. The first-order valence-corrected chi connectivity index (χ1v) is 7.56. The Labute approximate surface area is 140 Å². The summed E-state index contributed by atoms with van der Waals surface area (Å²) in [7, 11) is 1.55. The summed E-state index contributed by atoms with van der Waals surface area (Å²) >= 11 is 6.20. The lowest BCUT2D eigenvalue weighted by atomic mass is 10.2. The van der Waals surface area contributed by atoms with Gasteiger partial charge in [0.05, 0.1) is 18.7 Å². The number of anilines is 1. The number of methoxy groups -OCH3 is 1. The highest BCUT2D eigenvalue weighted by Crippen LogP contribution is 2.36. The summed E-state index contributed by atoms with van der Waals surface area (Å²) in [6.45, 7) is 2.36. The third-order valence-electron chi connectivity index (χ3n) is 3.01. The van der Waals surface area contributed by atoms with Crippen LogP contribution in [0, 0.1) is 0 Å². The van der Waals surface area contributed by atoms with Crippen LogP contribution >= 0.6 is 11.6 Å². The van der Waals surface area contributed by atoms with Crippen LogP contribution in [0.1, 0.15) is 12.5 Å².